The molecule has 0 radical (unpaired) electrons. The zero-order valence-electron chi connectivity index (χ0n) is 15.7. The van der Waals surface area contributed by atoms with E-state index >= 15 is 0 Å². The largest absolute Gasteiger partial charge is 0.476 e. The van der Waals surface area contributed by atoms with Crippen molar-refractivity contribution in [2.24, 2.45) is 5.92 Å². The van der Waals surface area contributed by atoms with E-state index in [0.29, 0.717) is 12.5 Å². The van der Waals surface area contributed by atoms with Crippen molar-refractivity contribution in [2.75, 3.05) is 6.61 Å². The molecule has 28 heavy (non-hydrogen) atoms. The van der Waals surface area contributed by atoms with Crippen molar-refractivity contribution in [2.45, 2.75) is 39.2 Å². The second-order valence-electron chi connectivity index (χ2n) is 7.58. The molecule has 3 rings (SSSR count). The molecule has 0 unspecified atom stereocenters. The lowest BCUT2D eigenvalue weighted by molar-refractivity contribution is 0.00641. The number of hydrogen-bond donors (Lipinski definition) is 0. The van der Waals surface area contributed by atoms with Crippen molar-refractivity contribution in [3.05, 3.63) is 46.6 Å². The number of aromatic nitrogens is 1. The van der Waals surface area contributed by atoms with Gasteiger partial charge in [0.1, 0.15) is 22.2 Å². The molecule has 0 bridgehead atoms. The number of ether oxygens (including phenoxy) is 3. The summed E-state index contributed by atoms with van der Waals surface area (Å²) in [6, 6.07) is 2.91. The first-order valence-corrected chi connectivity index (χ1v) is 9.19. The highest BCUT2D eigenvalue weighted by Crippen LogP contribution is 2.34. The first-order valence-electron chi connectivity index (χ1n) is 8.81. The molecule has 2 aromatic rings. The lowest BCUT2D eigenvalue weighted by Gasteiger charge is -2.19. The normalized spacial score (nSPS) is 13.9. The molecule has 1 aromatic heterocycles. The predicted octanol–water partition coefficient (Wildman–Crippen LogP) is 5.55. The Bertz CT molecular complexity index is 895. The average molecular weight is 412 g/mol. The Hall–Kier alpha value is -2.41. The molecule has 5 nitrogen and oxygen atoms in total. The van der Waals surface area contributed by atoms with Gasteiger partial charge < -0.3 is 14.2 Å². The van der Waals surface area contributed by atoms with Gasteiger partial charge >= 0.3 is 5.97 Å². The van der Waals surface area contributed by atoms with Crippen LogP contribution >= 0.6 is 11.6 Å². The van der Waals surface area contributed by atoms with Crippen LogP contribution < -0.4 is 9.47 Å². The highest BCUT2D eigenvalue weighted by molar-refractivity contribution is 6.31. The third-order valence-electron chi connectivity index (χ3n) is 3.80. The highest BCUT2D eigenvalue weighted by Gasteiger charge is 2.24. The monoisotopic (exact) mass is 411 g/mol. The van der Waals surface area contributed by atoms with Gasteiger partial charge in [0.25, 0.3) is 0 Å². The third kappa shape index (κ3) is 5.32. The molecular weight excluding hydrogens is 392 g/mol. The second kappa shape index (κ2) is 7.91. The summed E-state index contributed by atoms with van der Waals surface area (Å²) in [5, 5.41) is 0.199. The SMILES string of the molecule is CC(C)(C)OC(=O)c1cc(F)c(Oc2cnc(OCC3CC3)c(Cl)c2)cc1F. The van der Waals surface area contributed by atoms with Crippen molar-refractivity contribution in [3.63, 3.8) is 0 Å². The molecule has 0 saturated heterocycles. The van der Waals surface area contributed by atoms with Gasteiger partial charge in [0.05, 0.1) is 18.4 Å². The molecule has 0 aliphatic heterocycles. The van der Waals surface area contributed by atoms with E-state index in [1.807, 2.05) is 0 Å². The summed E-state index contributed by atoms with van der Waals surface area (Å²) in [6.45, 7) is 5.43. The predicted molar refractivity (Wildman–Crippen MR) is 99.1 cm³/mol. The molecule has 0 atom stereocenters. The molecule has 0 spiro atoms. The van der Waals surface area contributed by atoms with E-state index < -0.39 is 34.5 Å². The van der Waals surface area contributed by atoms with Crippen LogP contribution in [0.4, 0.5) is 8.78 Å². The van der Waals surface area contributed by atoms with Crippen molar-refractivity contribution >= 4 is 17.6 Å². The van der Waals surface area contributed by atoms with Gasteiger partial charge in [-0.1, -0.05) is 11.6 Å². The summed E-state index contributed by atoms with van der Waals surface area (Å²) >= 11 is 6.10. The minimum atomic E-state index is -0.964. The minimum absolute atomic E-state index is 0.104. The van der Waals surface area contributed by atoms with Crippen molar-refractivity contribution in [1.82, 2.24) is 4.98 Å². The third-order valence-corrected chi connectivity index (χ3v) is 4.07. The van der Waals surface area contributed by atoms with Gasteiger partial charge in [-0.2, -0.15) is 0 Å². The zero-order chi connectivity index (χ0) is 20.5. The maximum atomic E-state index is 14.3. The van der Waals surface area contributed by atoms with Gasteiger partial charge in [-0.3, -0.25) is 0 Å². The standard InChI is InChI=1S/C20H20ClF2NO4/c1-20(2,3)28-19(25)13-7-16(23)17(8-15(13)22)27-12-6-14(21)18(24-9-12)26-10-11-4-5-11/h6-9,11H,4-5,10H2,1-3H3. The fourth-order valence-electron chi connectivity index (χ4n) is 2.27. The van der Waals surface area contributed by atoms with Crippen LogP contribution in [0.2, 0.25) is 5.02 Å². The van der Waals surface area contributed by atoms with E-state index in [2.05, 4.69) is 4.98 Å². The highest BCUT2D eigenvalue weighted by atomic mass is 35.5. The molecule has 1 aromatic carbocycles. The van der Waals surface area contributed by atoms with E-state index in [1.165, 1.54) is 12.3 Å². The van der Waals surface area contributed by atoms with Crippen LogP contribution in [0.1, 0.15) is 44.0 Å². The minimum Gasteiger partial charge on any atom is -0.476 e. The van der Waals surface area contributed by atoms with Gasteiger partial charge in [0.15, 0.2) is 11.6 Å². The lowest BCUT2D eigenvalue weighted by atomic mass is 10.1. The summed E-state index contributed by atoms with van der Waals surface area (Å²) in [4.78, 5) is 16.0. The van der Waals surface area contributed by atoms with E-state index in [-0.39, 0.29) is 16.7 Å². The Balaban J connectivity index is 1.74. The number of rotatable bonds is 6. The maximum absolute atomic E-state index is 14.3. The summed E-state index contributed by atoms with van der Waals surface area (Å²) in [5.74, 6) is -2.36. The first kappa shape index (κ1) is 20.3. The van der Waals surface area contributed by atoms with Crippen LogP contribution in [0.15, 0.2) is 24.4 Å². The lowest BCUT2D eigenvalue weighted by Crippen LogP contribution is -2.24. The van der Waals surface area contributed by atoms with E-state index in [9.17, 15) is 13.6 Å². The fourth-order valence-corrected chi connectivity index (χ4v) is 2.49. The number of carbonyl (C=O) groups excluding carboxylic acids is 1. The van der Waals surface area contributed by atoms with Gasteiger partial charge in [0, 0.05) is 12.1 Å². The molecule has 1 saturated carbocycles. The van der Waals surface area contributed by atoms with E-state index in [0.717, 1.165) is 25.0 Å². The Labute approximate surface area is 166 Å². The molecule has 1 heterocycles. The number of carbonyl (C=O) groups is 1. The number of benzene rings is 1. The van der Waals surface area contributed by atoms with Crippen LogP contribution in [0, 0.1) is 17.6 Å². The zero-order valence-corrected chi connectivity index (χ0v) is 16.5. The molecule has 1 fully saturated rings. The summed E-state index contributed by atoms with van der Waals surface area (Å²) in [7, 11) is 0. The fraction of sp³-hybridized carbons (Fsp3) is 0.400. The molecule has 150 valence electrons. The number of esters is 1. The summed E-state index contributed by atoms with van der Waals surface area (Å²) < 4.78 is 44.5. The first-order chi connectivity index (χ1) is 13.1. The molecular formula is C20H20ClF2NO4. The maximum Gasteiger partial charge on any atom is 0.341 e. The second-order valence-corrected chi connectivity index (χ2v) is 7.99. The molecule has 8 heteroatoms. The van der Waals surface area contributed by atoms with Crippen molar-refractivity contribution < 1.29 is 27.8 Å². The average Bonchev–Trinajstić information content (AvgIpc) is 3.40. The number of hydrogen-bond acceptors (Lipinski definition) is 5. The van der Waals surface area contributed by atoms with Gasteiger partial charge in [-0.25, -0.2) is 18.6 Å². The van der Waals surface area contributed by atoms with Crippen molar-refractivity contribution in [1.29, 1.82) is 0 Å². The van der Waals surface area contributed by atoms with Crippen molar-refractivity contribution in [3.8, 4) is 17.4 Å². The Morgan fingerprint density at radius 3 is 2.54 bits per heavy atom. The molecule has 1 aliphatic carbocycles. The van der Waals surface area contributed by atoms with Gasteiger partial charge in [-0.15, -0.1) is 0 Å². The summed E-state index contributed by atoms with van der Waals surface area (Å²) in [6.07, 6.45) is 3.55. The number of nitrogens with zero attached hydrogens (tertiary/aromatic N) is 1. The van der Waals surface area contributed by atoms with Crippen LogP contribution in [0.3, 0.4) is 0 Å². The molecule has 0 amide bonds. The van der Waals surface area contributed by atoms with Crippen LogP contribution in [-0.4, -0.2) is 23.2 Å². The number of halogens is 3. The van der Waals surface area contributed by atoms with E-state index in [1.54, 1.807) is 20.8 Å². The molecule has 0 N–H and O–H groups in total. The van der Waals surface area contributed by atoms with Crippen LogP contribution in [-0.2, 0) is 4.74 Å². The molecule has 1 aliphatic rings. The quantitative estimate of drug-likeness (QED) is 0.583. The number of pyridine rings is 1. The van der Waals surface area contributed by atoms with Crippen LogP contribution in [0.5, 0.6) is 17.4 Å². The van der Waals surface area contributed by atoms with Crippen LogP contribution in [0.25, 0.3) is 0 Å². The van der Waals surface area contributed by atoms with E-state index in [4.69, 9.17) is 25.8 Å². The van der Waals surface area contributed by atoms with Gasteiger partial charge in [0.2, 0.25) is 5.88 Å². The Morgan fingerprint density at radius 1 is 1.21 bits per heavy atom. The Morgan fingerprint density at radius 2 is 1.93 bits per heavy atom. The smallest absolute Gasteiger partial charge is 0.341 e. The summed E-state index contributed by atoms with van der Waals surface area (Å²) in [5.41, 5.74) is -1.35. The van der Waals surface area contributed by atoms with Gasteiger partial charge in [-0.05, 0) is 45.6 Å². The Kier molecular flexibility index (Phi) is 5.74. The topological polar surface area (TPSA) is 57.7 Å².